The van der Waals surface area contributed by atoms with Crippen molar-refractivity contribution in [2.45, 2.75) is 44.1 Å². The fourth-order valence-electron chi connectivity index (χ4n) is 3.54. The minimum absolute atomic E-state index is 0.165. The number of amides is 2. The Morgan fingerprint density at radius 2 is 1.86 bits per heavy atom. The van der Waals surface area contributed by atoms with Crippen molar-refractivity contribution >= 4 is 29.4 Å². The summed E-state index contributed by atoms with van der Waals surface area (Å²) in [6, 6.07) is 14.2. The quantitative estimate of drug-likeness (QED) is 0.527. The maximum atomic E-state index is 12.5. The van der Waals surface area contributed by atoms with Gasteiger partial charge < -0.3 is 10.2 Å². The third kappa shape index (κ3) is 7.16. The number of carbonyl (C=O) groups excluding carboxylic acids is 2. The number of carbonyl (C=O) groups is 2. The van der Waals surface area contributed by atoms with E-state index in [1.165, 1.54) is 12.5 Å². The normalized spacial score (nSPS) is 14.6. The zero-order chi connectivity index (χ0) is 20.5. The van der Waals surface area contributed by atoms with Crippen molar-refractivity contribution in [3.05, 3.63) is 48.0 Å². The molecule has 0 aliphatic carbocycles. The van der Waals surface area contributed by atoms with Crippen LogP contribution in [0.1, 0.15) is 38.2 Å². The first-order valence-corrected chi connectivity index (χ1v) is 11.1. The minimum Gasteiger partial charge on any atom is -0.343 e. The molecule has 1 saturated heterocycles. The molecule has 7 heteroatoms. The number of hydrogen-bond acceptors (Lipinski definition) is 5. The molecule has 1 aromatic carbocycles. The van der Waals surface area contributed by atoms with E-state index in [0.29, 0.717) is 18.2 Å². The molecular weight excluding hydrogens is 384 g/mol. The van der Waals surface area contributed by atoms with Gasteiger partial charge in [0, 0.05) is 32.2 Å². The number of likely N-dealkylation sites (tertiary alicyclic amines) is 1. The first kappa shape index (κ1) is 21.3. The van der Waals surface area contributed by atoms with E-state index in [2.05, 4.69) is 45.8 Å². The lowest BCUT2D eigenvalue weighted by Gasteiger charge is -2.32. The van der Waals surface area contributed by atoms with E-state index < -0.39 is 0 Å². The van der Waals surface area contributed by atoms with Gasteiger partial charge in [0.2, 0.25) is 11.8 Å². The number of piperidine rings is 1. The molecule has 0 saturated carbocycles. The van der Waals surface area contributed by atoms with Crippen LogP contribution in [0.2, 0.25) is 0 Å². The van der Waals surface area contributed by atoms with Crippen LogP contribution in [-0.2, 0) is 16.0 Å². The molecule has 2 aromatic rings. The summed E-state index contributed by atoms with van der Waals surface area (Å²) in [5, 5.41) is 11.4. The van der Waals surface area contributed by atoms with E-state index in [1.54, 1.807) is 17.8 Å². The van der Waals surface area contributed by atoms with Gasteiger partial charge in [0.05, 0.1) is 0 Å². The lowest BCUT2D eigenvalue weighted by Crippen LogP contribution is -2.38. The summed E-state index contributed by atoms with van der Waals surface area (Å²) in [5.41, 5.74) is 1.39. The number of hydrogen-bond donors (Lipinski definition) is 1. The van der Waals surface area contributed by atoms with Crippen LogP contribution < -0.4 is 5.32 Å². The second kappa shape index (κ2) is 11.0. The van der Waals surface area contributed by atoms with Gasteiger partial charge in [-0.1, -0.05) is 30.3 Å². The van der Waals surface area contributed by atoms with Crippen molar-refractivity contribution in [2.24, 2.45) is 5.92 Å². The molecule has 1 fully saturated rings. The number of rotatable bonds is 8. The maximum absolute atomic E-state index is 12.5. The Bertz CT molecular complexity index is 790. The highest BCUT2D eigenvalue weighted by Crippen LogP contribution is 2.23. The van der Waals surface area contributed by atoms with E-state index in [1.807, 2.05) is 11.0 Å². The lowest BCUT2D eigenvalue weighted by atomic mass is 9.90. The predicted octanol–water partition coefficient (Wildman–Crippen LogP) is 3.79. The molecule has 0 radical (unpaired) electrons. The zero-order valence-corrected chi connectivity index (χ0v) is 17.7. The first-order valence-electron chi connectivity index (χ1n) is 10.2. The highest BCUT2D eigenvalue weighted by Gasteiger charge is 2.22. The van der Waals surface area contributed by atoms with Crippen molar-refractivity contribution in [1.29, 1.82) is 0 Å². The van der Waals surface area contributed by atoms with Crippen LogP contribution in [0.4, 0.5) is 5.82 Å². The van der Waals surface area contributed by atoms with Gasteiger partial charge in [0.15, 0.2) is 5.82 Å². The molecule has 2 heterocycles. The van der Waals surface area contributed by atoms with Gasteiger partial charge in [-0.05, 0) is 49.3 Å². The monoisotopic (exact) mass is 412 g/mol. The first-order chi connectivity index (χ1) is 14.1. The second-order valence-electron chi connectivity index (χ2n) is 7.40. The standard InChI is InChI=1S/C22H28N4O2S/c1-17(27)23-20-9-10-21(25-24-20)29-15-5-8-22(28)26-13-11-19(12-14-26)16-18-6-3-2-4-7-18/h2-4,6-7,9-10,19H,5,8,11-16H2,1H3,(H,23,24,27). The average Bonchev–Trinajstić information content (AvgIpc) is 2.73. The van der Waals surface area contributed by atoms with Crippen molar-refractivity contribution in [1.82, 2.24) is 15.1 Å². The van der Waals surface area contributed by atoms with Crippen LogP contribution in [-0.4, -0.2) is 45.8 Å². The SMILES string of the molecule is CC(=O)Nc1ccc(SCCCC(=O)N2CCC(Cc3ccccc3)CC2)nn1. The van der Waals surface area contributed by atoms with Gasteiger partial charge in [0.1, 0.15) is 5.03 Å². The average molecular weight is 413 g/mol. The molecule has 3 rings (SSSR count). The van der Waals surface area contributed by atoms with Gasteiger partial charge >= 0.3 is 0 Å². The van der Waals surface area contributed by atoms with Crippen LogP contribution in [0.3, 0.4) is 0 Å². The molecule has 0 bridgehead atoms. The van der Waals surface area contributed by atoms with Crippen LogP contribution in [0.15, 0.2) is 47.5 Å². The molecule has 1 aliphatic rings. The van der Waals surface area contributed by atoms with E-state index in [9.17, 15) is 9.59 Å². The third-order valence-electron chi connectivity index (χ3n) is 5.06. The summed E-state index contributed by atoms with van der Waals surface area (Å²) in [5.74, 6) is 2.05. The van der Waals surface area contributed by atoms with E-state index in [0.717, 1.165) is 49.6 Å². The topological polar surface area (TPSA) is 75.2 Å². The third-order valence-corrected chi connectivity index (χ3v) is 6.07. The maximum Gasteiger partial charge on any atom is 0.222 e. The molecule has 1 aliphatic heterocycles. The number of nitrogens with one attached hydrogen (secondary N) is 1. The highest BCUT2D eigenvalue weighted by atomic mass is 32.2. The van der Waals surface area contributed by atoms with Gasteiger partial charge in [-0.15, -0.1) is 22.0 Å². The van der Waals surface area contributed by atoms with Crippen LogP contribution >= 0.6 is 11.8 Å². The van der Waals surface area contributed by atoms with Gasteiger partial charge in [0.25, 0.3) is 0 Å². The number of nitrogens with zero attached hydrogens (tertiary/aromatic N) is 3. The summed E-state index contributed by atoms with van der Waals surface area (Å²) in [7, 11) is 0. The summed E-state index contributed by atoms with van der Waals surface area (Å²) < 4.78 is 0. The molecule has 2 amide bonds. The fourth-order valence-corrected chi connectivity index (χ4v) is 4.30. The zero-order valence-electron chi connectivity index (χ0n) is 16.8. The Balaban J connectivity index is 1.31. The molecule has 6 nitrogen and oxygen atoms in total. The van der Waals surface area contributed by atoms with Gasteiger partial charge in [-0.3, -0.25) is 9.59 Å². The van der Waals surface area contributed by atoms with E-state index in [-0.39, 0.29) is 11.8 Å². The summed E-state index contributed by atoms with van der Waals surface area (Å²) in [4.78, 5) is 25.5. The molecule has 1 N–H and O–H groups in total. The number of aromatic nitrogens is 2. The Labute approximate surface area is 176 Å². The highest BCUT2D eigenvalue weighted by molar-refractivity contribution is 7.99. The Kier molecular flexibility index (Phi) is 8.04. The molecule has 1 aromatic heterocycles. The van der Waals surface area contributed by atoms with Crippen molar-refractivity contribution in [2.75, 3.05) is 24.2 Å². The molecule has 0 atom stereocenters. The summed E-state index contributed by atoms with van der Waals surface area (Å²) in [6.07, 6.45) is 4.69. The molecule has 154 valence electrons. The lowest BCUT2D eigenvalue weighted by molar-refractivity contribution is -0.132. The number of anilines is 1. The Hall–Kier alpha value is -2.41. The Morgan fingerprint density at radius 1 is 1.10 bits per heavy atom. The summed E-state index contributed by atoms with van der Waals surface area (Å²) in [6.45, 7) is 3.19. The second-order valence-corrected chi connectivity index (χ2v) is 8.52. The largest absolute Gasteiger partial charge is 0.343 e. The van der Waals surface area contributed by atoms with Gasteiger partial charge in [-0.25, -0.2) is 0 Å². The fraction of sp³-hybridized carbons (Fsp3) is 0.455. The molecular formula is C22H28N4O2S. The minimum atomic E-state index is -0.165. The van der Waals surface area contributed by atoms with Crippen LogP contribution in [0, 0.1) is 5.92 Å². The van der Waals surface area contributed by atoms with E-state index in [4.69, 9.17) is 0 Å². The van der Waals surface area contributed by atoms with Crippen molar-refractivity contribution in [3.63, 3.8) is 0 Å². The van der Waals surface area contributed by atoms with Crippen molar-refractivity contribution in [3.8, 4) is 0 Å². The number of thioether (sulfide) groups is 1. The smallest absolute Gasteiger partial charge is 0.222 e. The molecule has 29 heavy (non-hydrogen) atoms. The van der Waals surface area contributed by atoms with E-state index >= 15 is 0 Å². The summed E-state index contributed by atoms with van der Waals surface area (Å²) >= 11 is 1.58. The number of benzene rings is 1. The predicted molar refractivity (Wildman–Crippen MR) is 116 cm³/mol. The van der Waals surface area contributed by atoms with Crippen molar-refractivity contribution < 1.29 is 9.59 Å². The van der Waals surface area contributed by atoms with Crippen LogP contribution in [0.25, 0.3) is 0 Å². The van der Waals surface area contributed by atoms with Gasteiger partial charge in [-0.2, -0.15) is 0 Å². The molecule has 0 spiro atoms. The Morgan fingerprint density at radius 3 is 2.52 bits per heavy atom. The molecule has 0 unspecified atom stereocenters. The van der Waals surface area contributed by atoms with Crippen LogP contribution in [0.5, 0.6) is 0 Å².